The quantitative estimate of drug-likeness (QED) is 0.880. The number of fused-ring (bicyclic) bond motifs is 1. The van der Waals surface area contributed by atoms with Gasteiger partial charge in [0.15, 0.2) is 0 Å². The Morgan fingerprint density at radius 3 is 3.16 bits per heavy atom. The molecule has 0 radical (unpaired) electrons. The molecule has 1 aromatic heterocycles. The van der Waals surface area contributed by atoms with Gasteiger partial charge in [-0.05, 0) is 67.7 Å². The SMILES string of the molecule is O=C(CCC1CCNC1)Nc1cccc(-c2ccc3c(c2)CCO3)n1. The number of carbonyl (C=O) groups excluding carboxylic acids is 1. The maximum Gasteiger partial charge on any atom is 0.225 e. The highest BCUT2D eigenvalue weighted by Gasteiger charge is 2.16. The average molecular weight is 337 g/mol. The van der Waals surface area contributed by atoms with Crippen LogP contribution < -0.4 is 15.4 Å². The van der Waals surface area contributed by atoms with E-state index in [0.29, 0.717) is 18.2 Å². The standard InChI is InChI=1S/C20H23N3O2/c24-20(7-4-14-8-10-21-13-14)23-19-3-1-2-17(22-19)15-5-6-18-16(12-15)9-11-25-18/h1-3,5-6,12,14,21H,4,7-11,13H2,(H,22,23,24). The zero-order valence-corrected chi connectivity index (χ0v) is 14.3. The lowest BCUT2D eigenvalue weighted by Crippen LogP contribution is -2.15. The van der Waals surface area contributed by atoms with Crippen molar-refractivity contribution in [3.63, 3.8) is 0 Å². The van der Waals surface area contributed by atoms with Crippen molar-refractivity contribution in [1.82, 2.24) is 10.3 Å². The van der Waals surface area contributed by atoms with Crippen LogP contribution in [0.5, 0.6) is 5.75 Å². The Labute approximate surface area is 147 Å². The van der Waals surface area contributed by atoms with Gasteiger partial charge in [-0.25, -0.2) is 4.98 Å². The molecule has 5 nitrogen and oxygen atoms in total. The van der Waals surface area contributed by atoms with Crippen molar-refractivity contribution >= 4 is 11.7 Å². The highest BCUT2D eigenvalue weighted by Crippen LogP contribution is 2.30. The van der Waals surface area contributed by atoms with Gasteiger partial charge in [0.2, 0.25) is 5.91 Å². The molecular weight excluding hydrogens is 314 g/mol. The van der Waals surface area contributed by atoms with E-state index >= 15 is 0 Å². The highest BCUT2D eigenvalue weighted by atomic mass is 16.5. The molecule has 2 aromatic rings. The molecule has 1 unspecified atom stereocenters. The van der Waals surface area contributed by atoms with E-state index in [9.17, 15) is 4.79 Å². The number of nitrogens with zero attached hydrogens (tertiary/aromatic N) is 1. The number of ether oxygens (including phenoxy) is 1. The summed E-state index contributed by atoms with van der Waals surface area (Å²) in [5, 5.41) is 6.27. The van der Waals surface area contributed by atoms with Gasteiger partial charge in [-0.2, -0.15) is 0 Å². The van der Waals surface area contributed by atoms with E-state index in [4.69, 9.17) is 4.74 Å². The van der Waals surface area contributed by atoms with Crippen molar-refractivity contribution in [2.45, 2.75) is 25.7 Å². The van der Waals surface area contributed by atoms with Crippen LogP contribution in [0.2, 0.25) is 0 Å². The lowest BCUT2D eigenvalue weighted by molar-refractivity contribution is -0.116. The van der Waals surface area contributed by atoms with Crippen LogP contribution in [-0.4, -0.2) is 30.6 Å². The zero-order valence-electron chi connectivity index (χ0n) is 14.3. The van der Waals surface area contributed by atoms with Crippen LogP contribution in [0.1, 0.15) is 24.8 Å². The summed E-state index contributed by atoms with van der Waals surface area (Å²) in [6, 6.07) is 11.9. The number of benzene rings is 1. The molecule has 0 aliphatic carbocycles. The Morgan fingerprint density at radius 2 is 2.28 bits per heavy atom. The molecule has 2 aliphatic rings. The lowest BCUT2D eigenvalue weighted by atomic mass is 10.0. The largest absolute Gasteiger partial charge is 0.493 e. The molecule has 25 heavy (non-hydrogen) atoms. The average Bonchev–Trinajstić information content (AvgIpc) is 3.31. The second kappa shape index (κ2) is 7.23. The molecule has 2 aliphatic heterocycles. The first-order valence-electron chi connectivity index (χ1n) is 9.02. The number of aromatic nitrogens is 1. The molecule has 1 saturated heterocycles. The summed E-state index contributed by atoms with van der Waals surface area (Å²) in [4.78, 5) is 16.8. The van der Waals surface area contributed by atoms with Gasteiger partial charge in [0.05, 0.1) is 12.3 Å². The highest BCUT2D eigenvalue weighted by molar-refractivity contribution is 5.90. The third-order valence-electron chi connectivity index (χ3n) is 4.94. The van der Waals surface area contributed by atoms with Gasteiger partial charge in [-0.15, -0.1) is 0 Å². The van der Waals surface area contributed by atoms with Gasteiger partial charge < -0.3 is 15.4 Å². The van der Waals surface area contributed by atoms with Gasteiger partial charge in [-0.3, -0.25) is 4.79 Å². The molecule has 130 valence electrons. The summed E-state index contributed by atoms with van der Waals surface area (Å²) in [5.74, 6) is 2.25. The molecule has 1 aromatic carbocycles. The summed E-state index contributed by atoms with van der Waals surface area (Å²) in [5.41, 5.74) is 3.14. The lowest BCUT2D eigenvalue weighted by Gasteiger charge is -2.09. The summed E-state index contributed by atoms with van der Waals surface area (Å²) in [6.07, 6.45) is 3.59. The fourth-order valence-electron chi connectivity index (χ4n) is 3.51. The van der Waals surface area contributed by atoms with Crippen molar-refractivity contribution in [3.8, 4) is 17.0 Å². The summed E-state index contributed by atoms with van der Waals surface area (Å²) >= 11 is 0. The van der Waals surface area contributed by atoms with Crippen LogP contribution in [0.3, 0.4) is 0 Å². The van der Waals surface area contributed by atoms with Crippen molar-refractivity contribution in [1.29, 1.82) is 0 Å². The van der Waals surface area contributed by atoms with Crippen molar-refractivity contribution < 1.29 is 9.53 Å². The van der Waals surface area contributed by atoms with Crippen molar-refractivity contribution in [2.24, 2.45) is 5.92 Å². The van der Waals surface area contributed by atoms with Gasteiger partial charge in [-0.1, -0.05) is 6.07 Å². The Balaban J connectivity index is 1.41. The Morgan fingerprint density at radius 1 is 1.32 bits per heavy atom. The third kappa shape index (κ3) is 3.82. The number of rotatable bonds is 5. The monoisotopic (exact) mass is 337 g/mol. The van der Waals surface area contributed by atoms with Crippen molar-refractivity contribution in [3.05, 3.63) is 42.0 Å². The van der Waals surface area contributed by atoms with Gasteiger partial charge in [0.25, 0.3) is 0 Å². The predicted molar refractivity (Wildman–Crippen MR) is 97.7 cm³/mol. The Kier molecular flexibility index (Phi) is 4.65. The number of carbonyl (C=O) groups is 1. The second-order valence-electron chi connectivity index (χ2n) is 6.77. The molecule has 1 atom stereocenters. The fraction of sp³-hybridized carbons (Fsp3) is 0.400. The maximum absolute atomic E-state index is 12.2. The topological polar surface area (TPSA) is 63.2 Å². The van der Waals surface area contributed by atoms with Crippen LogP contribution in [0, 0.1) is 5.92 Å². The fourth-order valence-corrected chi connectivity index (χ4v) is 3.51. The van der Waals surface area contributed by atoms with E-state index in [2.05, 4.69) is 21.7 Å². The van der Waals surface area contributed by atoms with Crippen LogP contribution in [0.15, 0.2) is 36.4 Å². The van der Waals surface area contributed by atoms with Crippen LogP contribution in [0.25, 0.3) is 11.3 Å². The van der Waals surface area contributed by atoms with E-state index in [1.807, 2.05) is 30.3 Å². The molecule has 1 fully saturated rings. The number of nitrogens with one attached hydrogen (secondary N) is 2. The first-order chi connectivity index (χ1) is 12.3. The molecule has 5 heteroatoms. The van der Waals surface area contributed by atoms with E-state index in [0.717, 1.165) is 49.5 Å². The van der Waals surface area contributed by atoms with E-state index in [1.54, 1.807) is 0 Å². The third-order valence-corrected chi connectivity index (χ3v) is 4.94. The number of amides is 1. The van der Waals surface area contributed by atoms with Gasteiger partial charge in [0, 0.05) is 18.4 Å². The van der Waals surface area contributed by atoms with Crippen LogP contribution >= 0.6 is 0 Å². The smallest absolute Gasteiger partial charge is 0.225 e. The van der Waals surface area contributed by atoms with Crippen LogP contribution in [0.4, 0.5) is 5.82 Å². The van der Waals surface area contributed by atoms with Gasteiger partial charge >= 0.3 is 0 Å². The summed E-state index contributed by atoms with van der Waals surface area (Å²) in [7, 11) is 0. The van der Waals surface area contributed by atoms with E-state index in [1.165, 1.54) is 12.0 Å². The second-order valence-corrected chi connectivity index (χ2v) is 6.77. The number of hydrogen-bond donors (Lipinski definition) is 2. The molecular formula is C20H23N3O2. The molecule has 4 rings (SSSR count). The summed E-state index contributed by atoms with van der Waals surface area (Å²) in [6.45, 7) is 2.85. The maximum atomic E-state index is 12.2. The Bertz CT molecular complexity index is 769. The number of anilines is 1. The minimum absolute atomic E-state index is 0.0407. The molecule has 0 bridgehead atoms. The summed E-state index contributed by atoms with van der Waals surface area (Å²) < 4.78 is 5.55. The minimum Gasteiger partial charge on any atom is -0.493 e. The van der Waals surface area contributed by atoms with Gasteiger partial charge in [0.1, 0.15) is 11.6 Å². The first-order valence-corrected chi connectivity index (χ1v) is 9.02. The van der Waals surface area contributed by atoms with E-state index < -0.39 is 0 Å². The molecule has 1 amide bonds. The first kappa shape index (κ1) is 16.1. The zero-order chi connectivity index (χ0) is 17.1. The molecule has 0 saturated carbocycles. The van der Waals surface area contributed by atoms with Crippen molar-refractivity contribution in [2.75, 3.05) is 25.0 Å². The van der Waals surface area contributed by atoms with E-state index in [-0.39, 0.29) is 5.91 Å². The Hall–Kier alpha value is -2.40. The molecule has 0 spiro atoms. The normalized spacial score (nSPS) is 18.6. The minimum atomic E-state index is 0.0407. The predicted octanol–water partition coefficient (Wildman–Crippen LogP) is 3.01. The number of pyridine rings is 1. The number of hydrogen-bond acceptors (Lipinski definition) is 4. The van der Waals surface area contributed by atoms with Crippen LogP contribution in [-0.2, 0) is 11.2 Å². The molecule has 3 heterocycles. The molecule has 2 N–H and O–H groups in total.